The molecular formula is C23H25NO4S. The van der Waals surface area contributed by atoms with E-state index in [4.69, 9.17) is 10.2 Å². The van der Waals surface area contributed by atoms with E-state index in [-0.39, 0.29) is 5.41 Å². The van der Waals surface area contributed by atoms with Crippen LogP contribution >= 0.6 is 11.8 Å². The Labute approximate surface area is 175 Å². The van der Waals surface area contributed by atoms with E-state index < -0.39 is 11.9 Å². The Morgan fingerprint density at radius 2 is 1.69 bits per heavy atom. The predicted molar refractivity (Wildman–Crippen MR) is 114 cm³/mol. The van der Waals surface area contributed by atoms with Crippen molar-refractivity contribution in [3.05, 3.63) is 77.4 Å². The number of hydrogen-bond donors (Lipinski definition) is 2. The van der Waals surface area contributed by atoms with E-state index in [1.54, 1.807) is 16.7 Å². The first-order valence-corrected chi connectivity index (χ1v) is 10.3. The highest BCUT2D eigenvalue weighted by Gasteiger charge is 2.45. The molecular weight excluding hydrogens is 386 g/mol. The molecule has 0 amide bonds. The summed E-state index contributed by atoms with van der Waals surface area (Å²) in [5, 5.41) is 16.2. The summed E-state index contributed by atoms with van der Waals surface area (Å²) in [5.74, 6) is -2.51. The minimum atomic E-state index is -1.26. The van der Waals surface area contributed by atoms with Gasteiger partial charge in [0.05, 0.1) is 0 Å². The Morgan fingerprint density at radius 3 is 2.34 bits per heavy atom. The summed E-state index contributed by atoms with van der Waals surface area (Å²) in [5.41, 5.74) is 4.96. The molecule has 5 nitrogen and oxygen atoms in total. The van der Waals surface area contributed by atoms with E-state index in [0.29, 0.717) is 17.4 Å². The second-order valence-electron chi connectivity index (χ2n) is 7.71. The van der Waals surface area contributed by atoms with Crippen LogP contribution in [0.5, 0.6) is 0 Å². The molecule has 2 N–H and O–H groups in total. The molecule has 0 saturated carbocycles. The Morgan fingerprint density at radius 1 is 1.07 bits per heavy atom. The van der Waals surface area contributed by atoms with Gasteiger partial charge in [0.2, 0.25) is 0 Å². The summed E-state index contributed by atoms with van der Waals surface area (Å²) in [7, 11) is 4.41. The van der Waals surface area contributed by atoms with Crippen LogP contribution in [-0.2, 0) is 21.4 Å². The molecule has 2 unspecified atom stereocenters. The highest BCUT2D eigenvalue weighted by molar-refractivity contribution is 7.99. The SMILES string of the molecule is CN(C)CC12Cc3ccccc3C(C1)Sc1ccccc12.O=C(O)/C=C\C(=O)O. The quantitative estimate of drug-likeness (QED) is 0.741. The minimum absolute atomic E-state index is 0.282. The lowest BCUT2D eigenvalue weighted by molar-refractivity contribution is -0.134. The van der Waals surface area contributed by atoms with Crippen LogP contribution < -0.4 is 0 Å². The number of hydrogen-bond acceptors (Lipinski definition) is 4. The number of carbonyl (C=O) groups is 2. The van der Waals surface area contributed by atoms with Crippen LogP contribution in [0.3, 0.4) is 0 Å². The Hall–Kier alpha value is -2.57. The van der Waals surface area contributed by atoms with Crippen molar-refractivity contribution < 1.29 is 19.8 Å². The van der Waals surface area contributed by atoms with Gasteiger partial charge < -0.3 is 15.1 Å². The first-order chi connectivity index (χ1) is 13.8. The molecule has 152 valence electrons. The number of thioether (sulfide) groups is 1. The first kappa shape index (κ1) is 21.1. The molecule has 0 aromatic heterocycles. The van der Waals surface area contributed by atoms with Gasteiger partial charge in [0.1, 0.15) is 0 Å². The number of rotatable bonds is 4. The second-order valence-corrected chi connectivity index (χ2v) is 8.95. The van der Waals surface area contributed by atoms with Gasteiger partial charge in [0.25, 0.3) is 0 Å². The van der Waals surface area contributed by atoms with Gasteiger partial charge in [0, 0.05) is 34.3 Å². The van der Waals surface area contributed by atoms with Gasteiger partial charge in [-0.25, -0.2) is 9.59 Å². The lowest BCUT2D eigenvalue weighted by atomic mass is 9.66. The second kappa shape index (κ2) is 8.84. The maximum atomic E-state index is 9.55. The van der Waals surface area contributed by atoms with Gasteiger partial charge in [-0.15, -0.1) is 11.8 Å². The van der Waals surface area contributed by atoms with Crippen molar-refractivity contribution >= 4 is 23.7 Å². The molecule has 2 aromatic carbocycles. The number of carboxylic acid groups (broad SMARTS) is 2. The van der Waals surface area contributed by atoms with E-state index >= 15 is 0 Å². The van der Waals surface area contributed by atoms with Gasteiger partial charge in [-0.2, -0.15) is 0 Å². The third kappa shape index (κ3) is 4.89. The lowest BCUT2D eigenvalue weighted by Crippen LogP contribution is -2.45. The van der Waals surface area contributed by atoms with Crippen molar-refractivity contribution in [2.75, 3.05) is 20.6 Å². The average molecular weight is 412 g/mol. The average Bonchev–Trinajstić information content (AvgIpc) is 2.66. The van der Waals surface area contributed by atoms with Crippen molar-refractivity contribution in [3.63, 3.8) is 0 Å². The van der Waals surface area contributed by atoms with Crippen molar-refractivity contribution in [1.29, 1.82) is 0 Å². The topological polar surface area (TPSA) is 77.8 Å². The molecule has 0 radical (unpaired) electrons. The van der Waals surface area contributed by atoms with E-state index in [2.05, 4.69) is 79.3 Å². The van der Waals surface area contributed by atoms with Crippen LogP contribution in [0.1, 0.15) is 28.4 Å². The fraction of sp³-hybridized carbons (Fsp3) is 0.304. The molecule has 0 spiro atoms. The summed E-state index contributed by atoms with van der Waals surface area (Å²) in [6, 6.07) is 18.1. The maximum Gasteiger partial charge on any atom is 0.328 e. The monoisotopic (exact) mass is 411 g/mol. The molecule has 2 aromatic rings. The Kier molecular flexibility index (Phi) is 6.45. The number of nitrogens with zero attached hydrogens (tertiary/aromatic N) is 1. The van der Waals surface area contributed by atoms with Gasteiger partial charge in [-0.05, 0) is 49.7 Å². The van der Waals surface area contributed by atoms with Crippen LogP contribution in [0.4, 0.5) is 0 Å². The van der Waals surface area contributed by atoms with Crippen molar-refractivity contribution in [1.82, 2.24) is 4.90 Å². The zero-order valence-corrected chi connectivity index (χ0v) is 17.4. The van der Waals surface area contributed by atoms with Crippen LogP contribution in [0, 0.1) is 0 Å². The Balaban J connectivity index is 0.000000258. The summed E-state index contributed by atoms with van der Waals surface area (Å²) >= 11 is 2.06. The highest BCUT2D eigenvalue weighted by Crippen LogP contribution is 2.57. The molecule has 1 aliphatic heterocycles. The van der Waals surface area contributed by atoms with Crippen molar-refractivity contribution in [2.24, 2.45) is 0 Å². The van der Waals surface area contributed by atoms with E-state index in [9.17, 15) is 9.59 Å². The summed E-state index contributed by atoms with van der Waals surface area (Å²) in [6.07, 6.45) is 3.56. The van der Waals surface area contributed by atoms with Crippen LogP contribution in [-0.4, -0.2) is 47.7 Å². The number of likely N-dealkylation sites (N-methyl/N-ethyl adjacent to an activating group) is 1. The normalized spacial score (nSPS) is 21.7. The summed E-state index contributed by atoms with van der Waals surface area (Å²) in [4.78, 5) is 23.0. The Bertz CT molecular complexity index is 924. The highest BCUT2D eigenvalue weighted by atomic mass is 32.2. The predicted octanol–water partition coefficient (Wildman–Crippen LogP) is 3.99. The van der Waals surface area contributed by atoms with Gasteiger partial charge >= 0.3 is 11.9 Å². The first-order valence-electron chi connectivity index (χ1n) is 9.43. The molecule has 1 heterocycles. The molecule has 2 atom stereocenters. The number of benzene rings is 2. The molecule has 4 rings (SSSR count). The minimum Gasteiger partial charge on any atom is -0.478 e. The molecule has 1 aliphatic carbocycles. The van der Waals surface area contributed by atoms with E-state index in [0.717, 1.165) is 6.54 Å². The standard InChI is InChI=1S/C19H21NS.C4H4O4/c1-20(2)13-19-11-14-7-3-4-8-15(14)18(12-19)21-17-10-6-5-9-16(17)19;5-3(6)1-2-4(7)8/h3-10,18H,11-13H2,1-2H3;1-2H,(H,5,6)(H,7,8)/b;2-1-. The molecule has 6 heteroatoms. The third-order valence-electron chi connectivity index (χ3n) is 5.22. The van der Waals surface area contributed by atoms with Crippen molar-refractivity contribution in [3.8, 4) is 0 Å². The van der Waals surface area contributed by atoms with E-state index in [1.165, 1.54) is 17.7 Å². The van der Waals surface area contributed by atoms with Gasteiger partial charge in [-0.1, -0.05) is 42.5 Å². The van der Waals surface area contributed by atoms with Gasteiger partial charge in [0.15, 0.2) is 0 Å². The molecule has 2 aliphatic rings. The zero-order chi connectivity index (χ0) is 21.0. The summed E-state index contributed by atoms with van der Waals surface area (Å²) < 4.78 is 0. The molecule has 2 bridgehead atoms. The van der Waals surface area contributed by atoms with Crippen LogP contribution in [0.25, 0.3) is 0 Å². The largest absolute Gasteiger partial charge is 0.478 e. The molecule has 0 fully saturated rings. The molecule has 0 saturated heterocycles. The van der Waals surface area contributed by atoms with Crippen LogP contribution in [0.2, 0.25) is 0 Å². The number of fused-ring (bicyclic) bond motifs is 6. The van der Waals surface area contributed by atoms with Crippen LogP contribution in [0.15, 0.2) is 65.6 Å². The smallest absolute Gasteiger partial charge is 0.328 e. The van der Waals surface area contributed by atoms with Crippen molar-refractivity contribution in [2.45, 2.75) is 28.4 Å². The fourth-order valence-electron chi connectivity index (χ4n) is 4.34. The lowest BCUT2D eigenvalue weighted by Gasteiger charge is -2.48. The number of carboxylic acids is 2. The maximum absolute atomic E-state index is 9.55. The van der Waals surface area contributed by atoms with Gasteiger partial charge in [-0.3, -0.25) is 0 Å². The summed E-state index contributed by atoms with van der Waals surface area (Å²) in [6.45, 7) is 1.13. The fourth-order valence-corrected chi connectivity index (χ4v) is 5.97. The molecule has 29 heavy (non-hydrogen) atoms. The van der Waals surface area contributed by atoms with E-state index in [1.807, 2.05) is 0 Å². The third-order valence-corrected chi connectivity index (χ3v) is 6.54. The number of aliphatic carboxylic acids is 2. The zero-order valence-electron chi connectivity index (χ0n) is 16.5.